The van der Waals surface area contributed by atoms with Crippen molar-refractivity contribution in [2.24, 2.45) is 0 Å². The summed E-state index contributed by atoms with van der Waals surface area (Å²) in [6, 6.07) is 19.2. The second-order valence-corrected chi connectivity index (χ2v) is 7.23. The predicted octanol–water partition coefficient (Wildman–Crippen LogP) is 1.17. The lowest BCUT2D eigenvalue weighted by Gasteiger charge is -2.16. The third-order valence-electron chi connectivity index (χ3n) is 5.23. The number of hydrogen-bond donors (Lipinski definition) is 2. The van der Waals surface area contributed by atoms with Gasteiger partial charge in [0.2, 0.25) is 5.78 Å². The van der Waals surface area contributed by atoms with Crippen LogP contribution in [0.5, 0.6) is 0 Å². The van der Waals surface area contributed by atoms with Crippen LogP contribution >= 0.6 is 0 Å². The highest BCUT2D eigenvalue weighted by atomic mass is 16.2. The van der Waals surface area contributed by atoms with Gasteiger partial charge in [0.15, 0.2) is 0 Å². The molecule has 0 aliphatic rings. The number of ketones is 1. The number of quaternary nitrogens is 1. The van der Waals surface area contributed by atoms with Gasteiger partial charge in [-0.05, 0) is 19.4 Å². The lowest BCUT2D eigenvalue weighted by molar-refractivity contribution is -0.681. The molecule has 7 nitrogen and oxygen atoms in total. The molecule has 0 bridgehead atoms. The Morgan fingerprint density at radius 1 is 1.00 bits per heavy atom. The molecule has 0 saturated carbocycles. The van der Waals surface area contributed by atoms with Gasteiger partial charge in [-0.25, -0.2) is 4.79 Å². The minimum absolute atomic E-state index is 0.0417. The first-order valence-electron chi connectivity index (χ1n) is 10.0. The van der Waals surface area contributed by atoms with E-state index < -0.39 is 11.2 Å². The van der Waals surface area contributed by atoms with E-state index in [1.54, 1.807) is 6.92 Å². The standard InChI is InChI=1S/C23H26N4O3/c1-3-26-22(29)20(19(28)14-25-16(2)18-12-8-5-9-13-18)21(24)27(23(26)30)15-17-10-6-4-7-11-17/h4-13,16,25H,3,14-15,24H2,1-2H3/p+1/t16-/m0/s1. The van der Waals surface area contributed by atoms with Crippen LogP contribution in [0.25, 0.3) is 0 Å². The van der Waals surface area contributed by atoms with Crippen LogP contribution in [-0.2, 0) is 13.1 Å². The predicted molar refractivity (Wildman–Crippen MR) is 117 cm³/mol. The first-order chi connectivity index (χ1) is 14.4. The first kappa shape index (κ1) is 21.3. The Balaban J connectivity index is 1.93. The summed E-state index contributed by atoms with van der Waals surface area (Å²) in [4.78, 5) is 38.6. The van der Waals surface area contributed by atoms with Crippen molar-refractivity contribution in [1.29, 1.82) is 0 Å². The number of aromatic nitrogens is 2. The lowest BCUT2D eigenvalue weighted by Crippen LogP contribution is -2.86. The molecule has 0 unspecified atom stereocenters. The highest BCUT2D eigenvalue weighted by molar-refractivity contribution is 6.00. The number of carbonyl (C=O) groups excluding carboxylic acids is 1. The van der Waals surface area contributed by atoms with E-state index in [0.717, 1.165) is 15.7 Å². The van der Waals surface area contributed by atoms with Crippen LogP contribution in [0.2, 0.25) is 0 Å². The summed E-state index contributed by atoms with van der Waals surface area (Å²) < 4.78 is 2.36. The second-order valence-electron chi connectivity index (χ2n) is 7.23. The molecule has 3 aromatic rings. The van der Waals surface area contributed by atoms with E-state index in [0.29, 0.717) is 0 Å². The number of Topliss-reactive ketones (excluding diaryl/α,β-unsaturated/α-hetero) is 1. The van der Waals surface area contributed by atoms with E-state index in [1.807, 2.05) is 72.9 Å². The fourth-order valence-corrected chi connectivity index (χ4v) is 3.45. The number of nitrogen functional groups attached to an aromatic ring is 1. The number of rotatable bonds is 8. The van der Waals surface area contributed by atoms with E-state index in [1.165, 1.54) is 4.57 Å². The summed E-state index contributed by atoms with van der Waals surface area (Å²) in [5, 5.41) is 1.86. The topological polar surface area (TPSA) is 104 Å². The smallest absolute Gasteiger partial charge is 0.332 e. The van der Waals surface area contributed by atoms with Crippen molar-refractivity contribution in [3.8, 4) is 0 Å². The number of nitrogens with two attached hydrogens (primary N) is 2. The average Bonchev–Trinajstić information content (AvgIpc) is 2.76. The summed E-state index contributed by atoms with van der Waals surface area (Å²) in [6.45, 7) is 4.10. The van der Waals surface area contributed by atoms with Gasteiger partial charge in [0.1, 0.15) is 24.0 Å². The molecule has 30 heavy (non-hydrogen) atoms. The van der Waals surface area contributed by atoms with Crippen LogP contribution in [0, 0.1) is 0 Å². The Morgan fingerprint density at radius 3 is 2.20 bits per heavy atom. The van der Waals surface area contributed by atoms with E-state index in [9.17, 15) is 14.4 Å². The molecule has 1 heterocycles. The van der Waals surface area contributed by atoms with Gasteiger partial charge >= 0.3 is 5.69 Å². The normalized spacial score (nSPS) is 11.9. The maximum atomic E-state index is 13.0. The monoisotopic (exact) mass is 407 g/mol. The largest absolute Gasteiger partial charge is 0.384 e. The fraction of sp³-hybridized carbons (Fsp3) is 0.261. The molecular formula is C23H27N4O3+. The number of hydrogen-bond acceptors (Lipinski definition) is 4. The molecule has 0 aliphatic carbocycles. The van der Waals surface area contributed by atoms with E-state index in [2.05, 4.69) is 0 Å². The average molecular weight is 407 g/mol. The highest BCUT2D eigenvalue weighted by Gasteiger charge is 2.24. The molecule has 0 saturated heterocycles. The van der Waals surface area contributed by atoms with Crippen LogP contribution in [0.15, 0.2) is 70.3 Å². The minimum atomic E-state index is -0.630. The zero-order chi connectivity index (χ0) is 21.7. The molecule has 156 valence electrons. The maximum Gasteiger partial charge on any atom is 0.332 e. The van der Waals surface area contributed by atoms with Crippen LogP contribution in [0.1, 0.15) is 41.4 Å². The molecule has 0 aliphatic heterocycles. The third kappa shape index (κ3) is 4.41. The number of benzene rings is 2. The zero-order valence-electron chi connectivity index (χ0n) is 17.2. The molecule has 0 radical (unpaired) electrons. The SMILES string of the molecule is CCn1c(=O)c(C(=O)C[NH2+][C@@H](C)c2ccccc2)c(N)n(Cc2ccccc2)c1=O. The van der Waals surface area contributed by atoms with Crippen molar-refractivity contribution in [2.45, 2.75) is 33.0 Å². The maximum absolute atomic E-state index is 13.0. The van der Waals surface area contributed by atoms with Gasteiger partial charge in [-0.1, -0.05) is 60.7 Å². The fourth-order valence-electron chi connectivity index (χ4n) is 3.45. The van der Waals surface area contributed by atoms with Crippen LogP contribution in [-0.4, -0.2) is 21.5 Å². The summed E-state index contributed by atoms with van der Waals surface area (Å²) in [5.74, 6) is -0.464. The molecule has 0 fully saturated rings. The molecule has 4 N–H and O–H groups in total. The van der Waals surface area contributed by atoms with Gasteiger partial charge in [0, 0.05) is 12.1 Å². The minimum Gasteiger partial charge on any atom is -0.384 e. The van der Waals surface area contributed by atoms with Crippen LogP contribution in [0.3, 0.4) is 0 Å². The number of anilines is 1. The second kappa shape index (κ2) is 9.37. The van der Waals surface area contributed by atoms with Crippen LogP contribution in [0.4, 0.5) is 5.82 Å². The Bertz CT molecular complexity index is 1130. The molecular weight excluding hydrogens is 380 g/mol. The Hall–Kier alpha value is -3.45. The number of carbonyl (C=O) groups is 1. The molecule has 0 amide bonds. The first-order valence-corrected chi connectivity index (χ1v) is 10.0. The molecule has 3 rings (SSSR count). The van der Waals surface area contributed by atoms with Gasteiger partial charge in [-0.2, -0.15) is 0 Å². The van der Waals surface area contributed by atoms with Crippen molar-refractivity contribution in [1.82, 2.24) is 9.13 Å². The number of nitrogens with zero attached hydrogens (tertiary/aromatic N) is 2. The summed E-state index contributed by atoms with van der Waals surface area (Å²) in [5.41, 5.74) is 6.87. The Kier molecular flexibility index (Phi) is 6.64. The van der Waals surface area contributed by atoms with Gasteiger partial charge in [-0.3, -0.25) is 18.7 Å². The van der Waals surface area contributed by atoms with Crippen LogP contribution < -0.4 is 22.3 Å². The molecule has 1 atom stereocenters. The van der Waals surface area contributed by atoms with Gasteiger partial charge in [0.05, 0.1) is 6.54 Å². The summed E-state index contributed by atoms with van der Waals surface area (Å²) in [6.07, 6.45) is 0. The highest BCUT2D eigenvalue weighted by Crippen LogP contribution is 2.10. The molecule has 1 aromatic heterocycles. The van der Waals surface area contributed by atoms with Crippen molar-refractivity contribution in [3.63, 3.8) is 0 Å². The van der Waals surface area contributed by atoms with Gasteiger partial charge in [0.25, 0.3) is 5.56 Å². The van der Waals surface area contributed by atoms with E-state index >= 15 is 0 Å². The molecule has 7 heteroatoms. The van der Waals surface area contributed by atoms with Crippen molar-refractivity contribution in [2.75, 3.05) is 12.3 Å². The Morgan fingerprint density at radius 2 is 1.60 bits per heavy atom. The van der Waals surface area contributed by atoms with Gasteiger partial charge < -0.3 is 11.1 Å². The summed E-state index contributed by atoms with van der Waals surface area (Å²) >= 11 is 0. The molecule has 2 aromatic carbocycles. The van der Waals surface area contributed by atoms with E-state index in [4.69, 9.17) is 5.73 Å². The molecule has 0 spiro atoms. The summed E-state index contributed by atoms with van der Waals surface area (Å²) in [7, 11) is 0. The third-order valence-corrected chi connectivity index (χ3v) is 5.23. The van der Waals surface area contributed by atoms with Gasteiger partial charge in [-0.15, -0.1) is 0 Å². The lowest BCUT2D eigenvalue weighted by atomic mass is 10.1. The quantitative estimate of drug-likeness (QED) is 0.547. The Labute approximate surface area is 174 Å². The van der Waals surface area contributed by atoms with Crippen molar-refractivity contribution in [3.05, 3.63) is 98.2 Å². The van der Waals surface area contributed by atoms with Crippen molar-refractivity contribution >= 4 is 11.6 Å². The van der Waals surface area contributed by atoms with Crippen molar-refractivity contribution < 1.29 is 10.1 Å². The zero-order valence-corrected chi connectivity index (χ0v) is 17.2. The van der Waals surface area contributed by atoms with E-state index in [-0.39, 0.29) is 42.8 Å².